The molecule has 13 heavy (non-hydrogen) atoms. The number of benzene rings is 1. The molecular weight excluding hydrogens is 184 g/mol. The van der Waals surface area contributed by atoms with Gasteiger partial charge in [0.25, 0.3) is 0 Å². The SMILES string of the molecule is CC(C)c1ccc(Cl)cc1C(C)O. The molecule has 0 aliphatic carbocycles. The van der Waals surface area contributed by atoms with E-state index in [-0.39, 0.29) is 0 Å². The van der Waals surface area contributed by atoms with Crippen LogP contribution in [0.3, 0.4) is 0 Å². The highest BCUT2D eigenvalue weighted by Gasteiger charge is 2.10. The van der Waals surface area contributed by atoms with Gasteiger partial charge >= 0.3 is 0 Å². The average Bonchev–Trinajstić information content (AvgIpc) is 2.03. The zero-order chi connectivity index (χ0) is 10.0. The minimum atomic E-state index is -0.448. The van der Waals surface area contributed by atoms with Gasteiger partial charge in [-0.1, -0.05) is 31.5 Å². The molecule has 1 aromatic rings. The van der Waals surface area contributed by atoms with Crippen LogP contribution in [0.4, 0.5) is 0 Å². The van der Waals surface area contributed by atoms with Crippen LogP contribution in [-0.4, -0.2) is 5.11 Å². The van der Waals surface area contributed by atoms with E-state index >= 15 is 0 Å². The van der Waals surface area contributed by atoms with Gasteiger partial charge < -0.3 is 5.11 Å². The monoisotopic (exact) mass is 198 g/mol. The van der Waals surface area contributed by atoms with Crippen LogP contribution in [-0.2, 0) is 0 Å². The van der Waals surface area contributed by atoms with Gasteiger partial charge in [0.15, 0.2) is 0 Å². The Hall–Kier alpha value is -0.530. The van der Waals surface area contributed by atoms with Crippen molar-refractivity contribution in [3.63, 3.8) is 0 Å². The van der Waals surface area contributed by atoms with E-state index in [4.69, 9.17) is 11.6 Å². The summed E-state index contributed by atoms with van der Waals surface area (Å²) < 4.78 is 0. The molecule has 0 aliphatic heterocycles. The van der Waals surface area contributed by atoms with E-state index in [0.29, 0.717) is 10.9 Å². The molecule has 0 saturated heterocycles. The zero-order valence-corrected chi connectivity index (χ0v) is 8.97. The predicted octanol–water partition coefficient (Wildman–Crippen LogP) is 3.52. The normalized spacial score (nSPS) is 13.4. The van der Waals surface area contributed by atoms with Crippen molar-refractivity contribution in [1.82, 2.24) is 0 Å². The molecule has 0 fully saturated rings. The van der Waals surface area contributed by atoms with Crippen molar-refractivity contribution in [2.75, 3.05) is 0 Å². The number of halogens is 1. The number of hydrogen-bond acceptors (Lipinski definition) is 1. The Morgan fingerprint density at radius 3 is 2.23 bits per heavy atom. The molecule has 1 atom stereocenters. The molecule has 0 aliphatic rings. The van der Waals surface area contributed by atoms with Gasteiger partial charge in [0.1, 0.15) is 0 Å². The second kappa shape index (κ2) is 4.12. The van der Waals surface area contributed by atoms with E-state index in [0.717, 1.165) is 5.56 Å². The fourth-order valence-electron chi connectivity index (χ4n) is 1.43. The van der Waals surface area contributed by atoms with Crippen LogP contribution >= 0.6 is 11.6 Å². The topological polar surface area (TPSA) is 20.2 Å². The molecule has 2 heteroatoms. The van der Waals surface area contributed by atoms with E-state index in [2.05, 4.69) is 13.8 Å². The molecule has 1 N–H and O–H groups in total. The van der Waals surface area contributed by atoms with Crippen LogP contribution in [0.15, 0.2) is 18.2 Å². The number of hydrogen-bond donors (Lipinski definition) is 1. The lowest BCUT2D eigenvalue weighted by atomic mass is 9.95. The molecule has 1 unspecified atom stereocenters. The summed E-state index contributed by atoms with van der Waals surface area (Å²) in [5.41, 5.74) is 2.10. The first-order valence-electron chi connectivity index (χ1n) is 4.49. The van der Waals surface area contributed by atoms with E-state index in [1.54, 1.807) is 6.92 Å². The summed E-state index contributed by atoms with van der Waals surface area (Å²) in [7, 11) is 0. The third kappa shape index (κ3) is 2.45. The Labute approximate surface area is 84.4 Å². The molecule has 1 nitrogen and oxygen atoms in total. The lowest BCUT2D eigenvalue weighted by Crippen LogP contribution is -1.99. The second-order valence-corrected chi connectivity index (χ2v) is 4.04. The Morgan fingerprint density at radius 1 is 1.15 bits per heavy atom. The van der Waals surface area contributed by atoms with Crippen molar-refractivity contribution in [1.29, 1.82) is 0 Å². The minimum absolute atomic E-state index is 0.418. The van der Waals surface area contributed by atoms with Crippen LogP contribution in [0, 0.1) is 0 Å². The molecule has 0 spiro atoms. The first-order valence-corrected chi connectivity index (χ1v) is 4.87. The highest BCUT2D eigenvalue weighted by Crippen LogP contribution is 2.27. The summed E-state index contributed by atoms with van der Waals surface area (Å²) >= 11 is 5.85. The Morgan fingerprint density at radius 2 is 1.77 bits per heavy atom. The maximum atomic E-state index is 9.52. The standard InChI is InChI=1S/C11H15ClO/c1-7(2)10-5-4-9(12)6-11(10)8(3)13/h4-8,13H,1-3H3. The van der Waals surface area contributed by atoms with E-state index in [9.17, 15) is 5.11 Å². The molecule has 1 rings (SSSR count). The van der Waals surface area contributed by atoms with Crippen molar-refractivity contribution in [2.24, 2.45) is 0 Å². The molecule has 72 valence electrons. The maximum Gasteiger partial charge on any atom is 0.0765 e. The maximum absolute atomic E-state index is 9.52. The van der Waals surface area contributed by atoms with Crippen LogP contribution < -0.4 is 0 Å². The molecule has 1 aromatic carbocycles. The van der Waals surface area contributed by atoms with Crippen molar-refractivity contribution in [2.45, 2.75) is 32.8 Å². The van der Waals surface area contributed by atoms with Gasteiger partial charge in [-0.25, -0.2) is 0 Å². The molecule has 0 saturated carbocycles. The number of aliphatic hydroxyl groups excluding tert-OH is 1. The van der Waals surface area contributed by atoms with Crippen molar-refractivity contribution in [3.05, 3.63) is 34.3 Å². The Kier molecular flexibility index (Phi) is 3.34. The third-order valence-electron chi connectivity index (χ3n) is 2.12. The summed E-state index contributed by atoms with van der Waals surface area (Å²) in [6, 6.07) is 5.68. The van der Waals surface area contributed by atoms with Gasteiger partial charge in [-0.15, -0.1) is 0 Å². The van der Waals surface area contributed by atoms with Crippen LogP contribution in [0.2, 0.25) is 5.02 Å². The molecule has 0 radical (unpaired) electrons. The molecule has 0 heterocycles. The molecule has 0 aromatic heterocycles. The van der Waals surface area contributed by atoms with E-state index in [1.165, 1.54) is 5.56 Å². The number of aliphatic hydroxyl groups is 1. The van der Waals surface area contributed by atoms with Gasteiger partial charge in [-0.05, 0) is 36.1 Å². The first-order chi connectivity index (χ1) is 6.02. The van der Waals surface area contributed by atoms with Gasteiger partial charge in [0, 0.05) is 5.02 Å². The van der Waals surface area contributed by atoms with Crippen molar-refractivity contribution < 1.29 is 5.11 Å². The molecular formula is C11H15ClO. The summed E-state index contributed by atoms with van der Waals surface area (Å²) in [6.07, 6.45) is -0.448. The van der Waals surface area contributed by atoms with E-state index < -0.39 is 6.10 Å². The summed E-state index contributed by atoms with van der Waals surface area (Å²) in [4.78, 5) is 0. The van der Waals surface area contributed by atoms with Crippen LogP contribution in [0.1, 0.15) is 43.9 Å². The lowest BCUT2D eigenvalue weighted by molar-refractivity contribution is 0.198. The second-order valence-electron chi connectivity index (χ2n) is 3.60. The fraction of sp³-hybridized carbons (Fsp3) is 0.455. The summed E-state index contributed by atoms with van der Waals surface area (Å²) in [5, 5.41) is 10.2. The third-order valence-corrected chi connectivity index (χ3v) is 2.36. The summed E-state index contributed by atoms with van der Waals surface area (Å²) in [5.74, 6) is 0.418. The van der Waals surface area contributed by atoms with Crippen molar-refractivity contribution >= 4 is 11.6 Å². The van der Waals surface area contributed by atoms with Crippen LogP contribution in [0.25, 0.3) is 0 Å². The zero-order valence-electron chi connectivity index (χ0n) is 8.21. The van der Waals surface area contributed by atoms with Gasteiger partial charge in [-0.3, -0.25) is 0 Å². The van der Waals surface area contributed by atoms with E-state index in [1.807, 2.05) is 18.2 Å². The van der Waals surface area contributed by atoms with Crippen LogP contribution in [0.5, 0.6) is 0 Å². The summed E-state index contributed by atoms with van der Waals surface area (Å²) in [6.45, 7) is 5.97. The highest BCUT2D eigenvalue weighted by molar-refractivity contribution is 6.30. The molecule has 0 amide bonds. The quantitative estimate of drug-likeness (QED) is 0.771. The van der Waals surface area contributed by atoms with Gasteiger partial charge in [0.05, 0.1) is 6.10 Å². The smallest absolute Gasteiger partial charge is 0.0765 e. The average molecular weight is 199 g/mol. The Bertz CT molecular complexity index is 292. The fourth-order valence-corrected chi connectivity index (χ4v) is 1.61. The molecule has 0 bridgehead atoms. The minimum Gasteiger partial charge on any atom is -0.389 e. The van der Waals surface area contributed by atoms with Crippen molar-refractivity contribution in [3.8, 4) is 0 Å². The largest absolute Gasteiger partial charge is 0.389 e. The first kappa shape index (κ1) is 10.6. The Balaban J connectivity index is 3.19. The number of rotatable bonds is 2. The predicted molar refractivity (Wildman–Crippen MR) is 56.2 cm³/mol. The van der Waals surface area contributed by atoms with Gasteiger partial charge in [0.2, 0.25) is 0 Å². The lowest BCUT2D eigenvalue weighted by Gasteiger charge is -2.15. The highest BCUT2D eigenvalue weighted by atomic mass is 35.5. The van der Waals surface area contributed by atoms with Gasteiger partial charge in [-0.2, -0.15) is 0 Å².